The average molecular weight is 290 g/mol. The van der Waals surface area contributed by atoms with E-state index in [2.05, 4.69) is 4.72 Å². The summed E-state index contributed by atoms with van der Waals surface area (Å²) < 4.78 is 45.1. The number of nitrogen functional groups attached to an aromatic ring is 1. The third-order valence-electron chi connectivity index (χ3n) is 2.75. The molecule has 0 saturated carbocycles. The number of hydrogen-bond donors (Lipinski definition) is 2. The van der Waals surface area contributed by atoms with Crippen LogP contribution < -0.4 is 10.5 Å². The van der Waals surface area contributed by atoms with Crippen LogP contribution >= 0.6 is 0 Å². The number of halogens is 1. The summed E-state index contributed by atoms with van der Waals surface area (Å²) in [4.78, 5) is -0.0431. The van der Waals surface area contributed by atoms with Crippen LogP contribution in [0.15, 0.2) is 17.0 Å². The Bertz CT molecular complexity index is 523. The zero-order chi connectivity index (χ0) is 14.6. The molecule has 0 fully saturated rings. The number of sulfonamides is 1. The Balaban J connectivity index is 3.07. The third-order valence-corrected chi connectivity index (χ3v) is 4.25. The zero-order valence-corrected chi connectivity index (χ0v) is 12.1. The van der Waals surface area contributed by atoms with Crippen LogP contribution in [0.5, 0.6) is 0 Å². The predicted molar refractivity (Wildman–Crippen MR) is 71.8 cm³/mol. The lowest BCUT2D eigenvalue weighted by atomic mass is 10.2. The van der Waals surface area contributed by atoms with Gasteiger partial charge < -0.3 is 10.5 Å². The number of hydrogen-bond acceptors (Lipinski definition) is 4. The maximum Gasteiger partial charge on any atom is 0.240 e. The normalized spacial score (nSPS) is 13.5. The maximum absolute atomic E-state index is 13.4. The van der Waals surface area contributed by atoms with Gasteiger partial charge in [-0.1, -0.05) is 6.92 Å². The Morgan fingerprint density at radius 2 is 2.11 bits per heavy atom. The number of nitrogens with one attached hydrogen (secondary N) is 1. The highest BCUT2D eigenvalue weighted by atomic mass is 32.2. The highest BCUT2D eigenvalue weighted by molar-refractivity contribution is 7.89. The molecule has 1 aromatic carbocycles. The van der Waals surface area contributed by atoms with E-state index in [1.54, 1.807) is 0 Å². The van der Waals surface area contributed by atoms with E-state index in [0.717, 1.165) is 6.07 Å². The number of ether oxygens (including phenoxy) is 1. The minimum absolute atomic E-state index is 0.0431. The van der Waals surface area contributed by atoms with E-state index in [-0.39, 0.29) is 28.8 Å². The van der Waals surface area contributed by atoms with E-state index >= 15 is 0 Å². The zero-order valence-electron chi connectivity index (χ0n) is 11.2. The van der Waals surface area contributed by atoms with Crippen molar-refractivity contribution >= 4 is 15.7 Å². The molecule has 0 radical (unpaired) electrons. The van der Waals surface area contributed by atoms with E-state index in [1.807, 2.05) is 6.92 Å². The molecule has 0 aromatic heterocycles. The first kappa shape index (κ1) is 15.9. The van der Waals surface area contributed by atoms with Crippen molar-refractivity contribution in [2.24, 2.45) is 0 Å². The largest absolute Gasteiger partial charge is 0.396 e. The first-order valence-electron chi connectivity index (χ1n) is 5.88. The molecule has 1 aromatic rings. The SMILES string of the molecule is CCC(COC)NS(=O)(=O)c1cc(C)c(F)c(N)c1. The molecule has 0 aliphatic heterocycles. The van der Waals surface area contributed by atoms with Crippen molar-refractivity contribution in [2.45, 2.75) is 31.2 Å². The second kappa shape index (κ2) is 6.31. The average Bonchev–Trinajstić information content (AvgIpc) is 2.34. The van der Waals surface area contributed by atoms with Gasteiger partial charge in [0.15, 0.2) is 0 Å². The summed E-state index contributed by atoms with van der Waals surface area (Å²) in [6, 6.07) is 2.04. The van der Waals surface area contributed by atoms with Crippen LogP contribution in [0.25, 0.3) is 0 Å². The van der Waals surface area contributed by atoms with Gasteiger partial charge in [0.1, 0.15) is 5.82 Å². The van der Waals surface area contributed by atoms with Gasteiger partial charge in [-0.15, -0.1) is 0 Å². The quantitative estimate of drug-likeness (QED) is 0.776. The van der Waals surface area contributed by atoms with E-state index in [9.17, 15) is 12.8 Å². The summed E-state index contributed by atoms with van der Waals surface area (Å²) in [5.41, 5.74) is 5.46. The lowest BCUT2D eigenvalue weighted by Crippen LogP contribution is -2.37. The van der Waals surface area contributed by atoms with Crippen LogP contribution in [-0.4, -0.2) is 28.2 Å². The summed E-state index contributed by atoms with van der Waals surface area (Å²) in [7, 11) is -2.24. The van der Waals surface area contributed by atoms with E-state index in [1.165, 1.54) is 20.1 Å². The van der Waals surface area contributed by atoms with Gasteiger partial charge in [-0.2, -0.15) is 0 Å². The van der Waals surface area contributed by atoms with Crippen LogP contribution in [0.3, 0.4) is 0 Å². The van der Waals surface area contributed by atoms with Gasteiger partial charge >= 0.3 is 0 Å². The minimum atomic E-state index is -3.73. The number of anilines is 1. The molecule has 1 atom stereocenters. The predicted octanol–water partition coefficient (Wildman–Crippen LogP) is 1.42. The minimum Gasteiger partial charge on any atom is -0.396 e. The maximum atomic E-state index is 13.4. The molecule has 0 saturated heterocycles. The fraction of sp³-hybridized carbons (Fsp3) is 0.500. The molecule has 1 unspecified atom stereocenters. The summed E-state index contributed by atoms with van der Waals surface area (Å²) in [6.45, 7) is 3.58. The summed E-state index contributed by atoms with van der Waals surface area (Å²) >= 11 is 0. The summed E-state index contributed by atoms with van der Waals surface area (Å²) in [6.07, 6.45) is 0.586. The van der Waals surface area contributed by atoms with Crippen molar-refractivity contribution in [1.82, 2.24) is 4.72 Å². The molecule has 1 rings (SSSR count). The Morgan fingerprint density at radius 3 is 2.58 bits per heavy atom. The second-order valence-corrected chi connectivity index (χ2v) is 6.04. The van der Waals surface area contributed by atoms with Gasteiger partial charge in [-0.25, -0.2) is 17.5 Å². The number of rotatable bonds is 6. The molecule has 0 spiro atoms. The van der Waals surface area contributed by atoms with Gasteiger partial charge in [0, 0.05) is 13.2 Å². The highest BCUT2D eigenvalue weighted by Gasteiger charge is 2.21. The monoisotopic (exact) mass is 290 g/mol. The molecule has 0 aliphatic rings. The van der Waals surface area contributed by atoms with E-state index in [0.29, 0.717) is 6.42 Å². The summed E-state index contributed by atoms with van der Waals surface area (Å²) in [5.74, 6) is -0.595. The van der Waals surface area contributed by atoms with Gasteiger partial charge in [0.2, 0.25) is 10.0 Å². The smallest absolute Gasteiger partial charge is 0.240 e. The number of benzene rings is 1. The molecule has 3 N–H and O–H groups in total. The fourth-order valence-corrected chi connectivity index (χ4v) is 3.07. The number of aryl methyl sites for hydroxylation is 1. The third kappa shape index (κ3) is 3.89. The van der Waals surface area contributed by atoms with Crippen LogP contribution in [-0.2, 0) is 14.8 Å². The van der Waals surface area contributed by atoms with E-state index in [4.69, 9.17) is 10.5 Å². The molecular formula is C12H19FN2O3S. The fourth-order valence-electron chi connectivity index (χ4n) is 1.64. The topological polar surface area (TPSA) is 81.4 Å². The second-order valence-electron chi connectivity index (χ2n) is 4.33. The van der Waals surface area contributed by atoms with Crippen molar-refractivity contribution in [2.75, 3.05) is 19.5 Å². The van der Waals surface area contributed by atoms with Crippen molar-refractivity contribution in [3.05, 3.63) is 23.5 Å². The van der Waals surface area contributed by atoms with Gasteiger partial charge in [-0.3, -0.25) is 0 Å². The van der Waals surface area contributed by atoms with E-state index < -0.39 is 15.8 Å². The van der Waals surface area contributed by atoms with Gasteiger partial charge in [-0.05, 0) is 31.0 Å². The Kier molecular flexibility index (Phi) is 5.28. The lowest BCUT2D eigenvalue weighted by molar-refractivity contribution is 0.173. The van der Waals surface area contributed by atoms with Crippen molar-refractivity contribution in [3.8, 4) is 0 Å². The van der Waals surface area contributed by atoms with Gasteiger partial charge in [0.05, 0.1) is 17.2 Å². The lowest BCUT2D eigenvalue weighted by Gasteiger charge is -2.16. The molecule has 19 heavy (non-hydrogen) atoms. The molecule has 0 bridgehead atoms. The molecule has 0 aliphatic carbocycles. The Morgan fingerprint density at radius 1 is 1.47 bits per heavy atom. The molecular weight excluding hydrogens is 271 g/mol. The van der Waals surface area contributed by atoms with Crippen LogP contribution in [0, 0.1) is 12.7 Å². The Labute approximate surface area is 113 Å². The van der Waals surface area contributed by atoms with Crippen LogP contribution in [0.4, 0.5) is 10.1 Å². The van der Waals surface area contributed by atoms with Crippen molar-refractivity contribution in [3.63, 3.8) is 0 Å². The highest BCUT2D eigenvalue weighted by Crippen LogP contribution is 2.21. The van der Waals surface area contributed by atoms with Crippen molar-refractivity contribution in [1.29, 1.82) is 0 Å². The number of methoxy groups -OCH3 is 1. The van der Waals surface area contributed by atoms with Crippen molar-refractivity contribution < 1.29 is 17.5 Å². The molecule has 5 nitrogen and oxygen atoms in total. The number of nitrogens with two attached hydrogens (primary N) is 1. The van der Waals surface area contributed by atoms with Gasteiger partial charge in [0.25, 0.3) is 0 Å². The molecule has 108 valence electrons. The summed E-state index contributed by atoms with van der Waals surface area (Å²) in [5, 5.41) is 0. The molecule has 0 heterocycles. The Hall–Kier alpha value is -1.18. The first-order valence-corrected chi connectivity index (χ1v) is 7.37. The first-order chi connectivity index (χ1) is 8.81. The molecule has 0 amide bonds. The van der Waals surface area contributed by atoms with Crippen LogP contribution in [0.1, 0.15) is 18.9 Å². The molecule has 7 heteroatoms. The standard InChI is InChI=1S/C12H19FN2O3S/c1-4-9(7-18-3)15-19(16,17)10-5-8(2)12(13)11(14)6-10/h5-6,9,15H,4,7,14H2,1-3H3. The van der Waals surface area contributed by atoms with Crippen LogP contribution in [0.2, 0.25) is 0 Å².